The number of nitrogens with zero attached hydrogens (tertiary/aromatic N) is 1. The Bertz CT molecular complexity index is 563. The second-order valence-electron chi connectivity index (χ2n) is 6.44. The Hall–Kier alpha value is -2.04. The Morgan fingerprint density at radius 1 is 1.22 bits per heavy atom. The summed E-state index contributed by atoms with van der Waals surface area (Å²) in [5, 5.41) is 2.89. The number of hydrogen-bond acceptors (Lipinski definition) is 3. The predicted octanol–water partition coefficient (Wildman–Crippen LogP) is 2.00. The second-order valence-corrected chi connectivity index (χ2v) is 6.44. The van der Waals surface area contributed by atoms with E-state index >= 15 is 0 Å². The summed E-state index contributed by atoms with van der Waals surface area (Å²) in [6, 6.07) is 7.74. The molecule has 1 fully saturated rings. The molecule has 1 aromatic carbocycles. The molecular weight excluding hydrogens is 292 g/mol. The van der Waals surface area contributed by atoms with Crippen LogP contribution in [-0.2, 0) is 16.0 Å². The molecule has 2 amide bonds. The van der Waals surface area contributed by atoms with E-state index in [1.807, 2.05) is 24.3 Å². The first-order valence-corrected chi connectivity index (χ1v) is 8.16. The molecule has 0 aromatic heterocycles. The summed E-state index contributed by atoms with van der Waals surface area (Å²) in [6.07, 6.45) is 2.72. The van der Waals surface area contributed by atoms with Crippen molar-refractivity contribution in [3.8, 4) is 5.75 Å². The van der Waals surface area contributed by atoms with Crippen LogP contribution < -0.4 is 10.1 Å². The van der Waals surface area contributed by atoms with Gasteiger partial charge < -0.3 is 15.0 Å². The third-order valence-corrected chi connectivity index (χ3v) is 4.37. The summed E-state index contributed by atoms with van der Waals surface area (Å²) in [4.78, 5) is 26.7. The van der Waals surface area contributed by atoms with Gasteiger partial charge in [-0.1, -0.05) is 18.2 Å². The molecule has 1 aromatic rings. The summed E-state index contributed by atoms with van der Waals surface area (Å²) >= 11 is 0. The molecule has 0 spiro atoms. The van der Waals surface area contributed by atoms with Gasteiger partial charge in [0.1, 0.15) is 11.2 Å². The number of amides is 2. The molecular formula is C18H26N2O3. The number of carbonyl (C=O) groups is 2. The van der Waals surface area contributed by atoms with Crippen LogP contribution in [0.25, 0.3) is 0 Å². The highest BCUT2D eigenvalue weighted by atomic mass is 16.5. The Labute approximate surface area is 138 Å². The molecule has 0 unspecified atom stereocenters. The van der Waals surface area contributed by atoms with Crippen LogP contribution in [0.3, 0.4) is 0 Å². The van der Waals surface area contributed by atoms with Crippen LogP contribution in [0.4, 0.5) is 0 Å². The van der Waals surface area contributed by atoms with E-state index in [-0.39, 0.29) is 11.8 Å². The fourth-order valence-corrected chi connectivity index (χ4v) is 2.85. The van der Waals surface area contributed by atoms with Gasteiger partial charge in [-0.15, -0.1) is 0 Å². The van der Waals surface area contributed by atoms with E-state index < -0.39 is 5.41 Å². The topological polar surface area (TPSA) is 58.6 Å². The van der Waals surface area contributed by atoms with Crippen molar-refractivity contribution < 1.29 is 14.3 Å². The normalized spacial score (nSPS) is 14.7. The maximum Gasteiger partial charge on any atom is 0.237 e. The maximum atomic E-state index is 12.5. The number of nitrogens with one attached hydrogen (secondary N) is 1. The van der Waals surface area contributed by atoms with Crippen LogP contribution in [0.2, 0.25) is 0 Å². The van der Waals surface area contributed by atoms with Crippen molar-refractivity contribution in [2.75, 3.05) is 26.7 Å². The van der Waals surface area contributed by atoms with Crippen LogP contribution in [0.15, 0.2) is 24.3 Å². The highest BCUT2D eigenvalue weighted by Gasteiger charge is 2.39. The van der Waals surface area contributed by atoms with Gasteiger partial charge >= 0.3 is 0 Å². The van der Waals surface area contributed by atoms with Gasteiger partial charge in [-0.2, -0.15) is 0 Å². The minimum atomic E-state index is -1.02. The molecule has 1 aliphatic rings. The Morgan fingerprint density at radius 3 is 2.52 bits per heavy atom. The molecule has 126 valence electrons. The van der Waals surface area contributed by atoms with Gasteiger partial charge in [0.05, 0.1) is 7.11 Å². The first kappa shape index (κ1) is 17.3. The van der Waals surface area contributed by atoms with E-state index in [4.69, 9.17) is 4.74 Å². The smallest absolute Gasteiger partial charge is 0.237 e. The van der Waals surface area contributed by atoms with Gasteiger partial charge in [0, 0.05) is 19.6 Å². The van der Waals surface area contributed by atoms with E-state index in [9.17, 15) is 9.59 Å². The van der Waals surface area contributed by atoms with Crippen molar-refractivity contribution in [2.45, 2.75) is 33.1 Å². The van der Waals surface area contributed by atoms with E-state index in [0.717, 1.165) is 37.2 Å². The van der Waals surface area contributed by atoms with Gasteiger partial charge in [-0.25, -0.2) is 0 Å². The molecule has 0 bridgehead atoms. The average Bonchev–Trinajstić information content (AvgIpc) is 3.08. The summed E-state index contributed by atoms with van der Waals surface area (Å²) in [5.41, 5.74) is 0.0180. The number of rotatable bonds is 6. The zero-order chi connectivity index (χ0) is 16.9. The number of methoxy groups -OCH3 is 1. The van der Waals surface area contributed by atoms with Crippen molar-refractivity contribution >= 4 is 11.8 Å². The number of benzene rings is 1. The van der Waals surface area contributed by atoms with E-state index in [2.05, 4.69) is 5.32 Å². The third-order valence-electron chi connectivity index (χ3n) is 4.37. The quantitative estimate of drug-likeness (QED) is 0.816. The van der Waals surface area contributed by atoms with Crippen LogP contribution in [0, 0.1) is 5.41 Å². The molecule has 5 nitrogen and oxygen atoms in total. The van der Waals surface area contributed by atoms with Gasteiger partial charge in [0.15, 0.2) is 0 Å². The van der Waals surface area contributed by atoms with Crippen molar-refractivity contribution in [2.24, 2.45) is 5.41 Å². The number of carbonyl (C=O) groups excluding carboxylic acids is 2. The lowest BCUT2D eigenvalue weighted by Crippen LogP contribution is -2.49. The Balaban J connectivity index is 1.89. The van der Waals surface area contributed by atoms with Crippen LogP contribution in [0.5, 0.6) is 5.75 Å². The third kappa shape index (κ3) is 4.03. The molecule has 23 heavy (non-hydrogen) atoms. The van der Waals surface area contributed by atoms with Crippen molar-refractivity contribution in [1.82, 2.24) is 10.2 Å². The zero-order valence-corrected chi connectivity index (χ0v) is 14.2. The summed E-state index contributed by atoms with van der Waals surface area (Å²) < 4.78 is 5.30. The molecule has 0 saturated carbocycles. The number of hydrogen-bond donors (Lipinski definition) is 1. The monoisotopic (exact) mass is 318 g/mol. The standard InChI is InChI=1S/C18H26N2O3/c1-18(2,17(22)20-12-6-7-13-20)16(21)19-11-10-14-8-4-5-9-15(14)23-3/h4-5,8-9H,6-7,10-13H2,1-3H3,(H,19,21). The minimum absolute atomic E-state index is 0.0789. The van der Waals surface area contributed by atoms with Gasteiger partial charge in [0.2, 0.25) is 11.8 Å². The van der Waals surface area contributed by atoms with Crippen LogP contribution in [-0.4, -0.2) is 43.5 Å². The fourth-order valence-electron chi connectivity index (χ4n) is 2.85. The van der Waals surface area contributed by atoms with E-state index in [1.165, 1.54) is 0 Å². The largest absolute Gasteiger partial charge is 0.496 e. The molecule has 0 radical (unpaired) electrons. The molecule has 1 aliphatic heterocycles. The van der Waals surface area contributed by atoms with Gasteiger partial charge in [-0.3, -0.25) is 9.59 Å². The lowest BCUT2D eigenvalue weighted by molar-refractivity contribution is -0.147. The van der Waals surface area contributed by atoms with Gasteiger partial charge in [0.25, 0.3) is 0 Å². The van der Waals surface area contributed by atoms with Gasteiger partial charge in [-0.05, 0) is 44.7 Å². The lowest BCUT2D eigenvalue weighted by atomic mass is 9.90. The Kier molecular flexibility index (Phi) is 5.64. The highest BCUT2D eigenvalue weighted by Crippen LogP contribution is 2.23. The predicted molar refractivity (Wildman–Crippen MR) is 89.3 cm³/mol. The Morgan fingerprint density at radius 2 is 1.87 bits per heavy atom. The summed E-state index contributed by atoms with van der Waals surface area (Å²) in [5.74, 6) is 0.517. The van der Waals surface area contributed by atoms with Crippen molar-refractivity contribution in [3.63, 3.8) is 0 Å². The van der Waals surface area contributed by atoms with Crippen LogP contribution in [0.1, 0.15) is 32.3 Å². The summed E-state index contributed by atoms with van der Waals surface area (Å²) in [6.45, 7) is 5.40. The fraction of sp³-hybridized carbons (Fsp3) is 0.556. The maximum absolute atomic E-state index is 12.5. The lowest BCUT2D eigenvalue weighted by Gasteiger charge is -2.28. The average molecular weight is 318 g/mol. The van der Waals surface area contributed by atoms with Crippen LogP contribution >= 0.6 is 0 Å². The molecule has 1 N–H and O–H groups in total. The molecule has 1 heterocycles. The SMILES string of the molecule is COc1ccccc1CCNC(=O)C(C)(C)C(=O)N1CCCC1. The summed E-state index contributed by atoms with van der Waals surface area (Å²) in [7, 11) is 1.63. The highest BCUT2D eigenvalue weighted by molar-refractivity contribution is 6.04. The molecule has 2 rings (SSSR count). The number of para-hydroxylation sites is 1. The minimum Gasteiger partial charge on any atom is -0.496 e. The van der Waals surface area contributed by atoms with E-state index in [0.29, 0.717) is 13.0 Å². The molecule has 0 aliphatic carbocycles. The first-order chi connectivity index (χ1) is 11.0. The number of ether oxygens (including phenoxy) is 1. The van der Waals surface area contributed by atoms with Crippen molar-refractivity contribution in [1.29, 1.82) is 0 Å². The molecule has 5 heteroatoms. The van der Waals surface area contributed by atoms with Crippen molar-refractivity contribution in [3.05, 3.63) is 29.8 Å². The zero-order valence-electron chi connectivity index (χ0n) is 14.2. The molecule has 0 atom stereocenters. The first-order valence-electron chi connectivity index (χ1n) is 8.16. The van der Waals surface area contributed by atoms with E-state index in [1.54, 1.807) is 25.9 Å². The molecule has 1 saturated heterocycles. The number of likely N-dealkylation sites (tertiary alicyclic amines) is 1. The second kappa shape index (κ2) is 7.49.